The molecule has 0 spiro atoms. The van der Waals surface area contributed by atoms with Gasteiger partial charge in [-0.25, -0.2) is 8.42 Å². The van der Waals surface area contributed by atoms with Gasteiger partial charge in [0.1, 0.15) is 0 Å². The summed E-state index contributed by atoms with van der Waals surface area (Å²) in [5.41, 5.74) is 0. The first-order valence-electron chi connectivity index (χ1n) is 5.37. The summed E-state index contributed by atoms with van der Waals surface area (Å²) in [6, 6.07) is 0. The number of halogens is 4. The third-order valence-electron chi connectivity index (χ3n) is 3.99. The van der Waals surface area contributed by atoms with Crippen molar-refractivity contribution in [1.82, 2.24) is 0 Å². The Labute approximate surface area is 129 Å². The fraction of sp³-hybridized carbons (Fsp3) is 1.00. The zero-order valence-corrected chi connectivity index (χ0v) is 12.8. The second kappa shape index (κ2) is 5.10. The maximum Gasteiger partial charge on any atom is 1.00 e. The van der Waals surface area contributed by atoms with E-state index in [-0.39, 0.29) is 48.8 Å². The topological polar surface area (TPSA) is 77.4 Å². The second-order valence-corrected chi connectivity index (χ2v) is 6.42. The zero-order valence-electron chi connectivity index (χ0n) is 10.0. The molecule has 0 aromatic rings. The number of aliphatic hydroxyl groups excluding tert-OH is 1. The van der Waals surface area contributed by atoms with Crippen molar-refractivity contribution in [2.45, 2.75) is 36.5 Å². The number of hydrogen-bond donors (Lipinski definition) is 1. The second-order valence-electron chi connectivity index (χ2n) is 4.99. The summed E-state index contributed by atoms with van der Waals surface area (Å²) in [6.45, 7) is 0. The molecule has 106 valence electrons. The maximum absolute atomic E-state index is 13.6. The van der Waals surface area contributed by atoms with Crippen molar-refractivity contribution in [1.29, 1.82) is 0 Å². The Morgan fingerprint density at radius 3 is 1.89 bits per heavy atom. The number of aliphatic hydroxyl groups is 1. The van der Waals surface area contributed by atoms with E-state index >= 15 is 0 Å². The van der Waals surface area contributed by atoms with Crippen LogP contribution in [0.4, 0.5) is 17.6 Å². The smallest absolute Gasteiger partial charge is 0.743 e. The van der Waals surface area contributed by atoms with Crippen LogP contribution < -0.4 is 29.6 Å². The van der Waals surface area contributed by atoms with Crippen molar-refractivity contribution < 1.29 is 65.2 Å². The summed E-state index contributed by atoms with van der Waals surface area (Å²) >= 11 is 0. The van der Waals surface area contributed by atoms with Crippen molar-refractivity contribution in [2.24, 2.45) is 17.8 Å². The molecule has 2 saturated carbocycles. The van der Waals surface area contributed by atoms with Crippen LogP contribution >= 0.6 is 0 Å². The fourth-order valence-corrected chi connectivity index (χ4v) is 3.56. The van der Waals surface area contributed by atoms with E-state index in [2.05, 4.69) is 0 Å². The Balaban J connectivity index is 0.00000180. The van der Waals surface area contributed by atoms with E-state index in [9.17, 15) is 35.6 Å². The molecule has 2 aliphatic rings. The molecule has 2 bridgehead atoms. The first-order chi connectivity index (χ1) is 7.98. The monoisotopic (exact) mass is 314 g/mol. The Morgan fingerprint density at radius 1 is 1.05 bits per heavy atom. The molecular weight excluding hydrogens is 303 g/mol. The predicted molar refractivity (Wildman–Crippen MR) is 49.9 cm³/mol. The van der Waals surface area contributed by atoms with E-state index in [0.717, 1.165) is 0 Å². The van der Waals surface area contributed by atoms with Gasteiger partial charge in [0.25, 0.3) is 0 Å². The molecule has 1 N–H and O–H groups in total. The fourth-order valence-electron chi connectivity index (χ4n) is 3.07. The Bertz CT molecular complexity index is 453. The SMILES string of the molecule is O=S(=O)([O-])C(F)(F)C(F)(F)C1CC2CC1CC2O.[Na+]. The Morgan fingerprint density at radius 2 is 1.58 bits per heavy atom. The van der Waals surface area contributed by atoms with Gasteiger partial charge in [0.05, 0.1) is 6.10 Å². The predicted octanol–water partition coefficient (Wildman–Crippen LogP) is -1.83. The molecule has 0 aromatic carbocycles. The molecule has 2 fully saturated rings. The van der Waals surface area contributed by atoms with Crippen molar-refractivity contribution in [3.05, 3.63) is 0 Å². The molecule has 4 nitrogen and oxygen atoms in total. The Hall–Kier alpha value is 0.590. The van der Waals surface area contributed by atoms with Gasteiger partial charge >= 0.3 is 40.7 Å². The molecule has 10 heteroatoms. The van der Waals surface area contributed by atoms with Gasteiger partial charge < -0.3 is 9.66 Å². The normalized spacial score (nSPS) is 35.3. The summed E-state index contributed by atoms with van der Waals surface area (Å²) < 4.78 is 84.2. The van der Waals surface area contributed by atoms with E-state index in [1.165, 1.54) is 0 Å². The quantitative estimate of drug-likeness (QED) is 0.378. The van der Waals surface area contributed by atoms with E-state index < -0.39 is 45.2 Å². The molecule has 0 heterocycles. The summed E-state index contributed by atoms with van der Waals surface area (Å²) in [5, 5.41) is 3.74. The average Bonchev–Trinajstić information content (AvgIpc) is 2.73. The summed E-state index contributed by atoms with van der Waals surface area (Å²) in [5.74, 6) is -8.15. The first-order valence-corrected chi connectivity index (χ1v) is 6.78. The molecule has 2 rings (SSSR count). The van der Waals surface area contributed by atoms with Crippen molar-refractivity contribution >= 4 is 10.1 Å². The average molecular weight is 314 g/mol. The van der Waals surface area contributed by atoms with Crippen molar-refractivity contribution in [3.8, 4) is 0 Å². The standard InChI is InChI=1S/C9H12F4O4S.Na/c10-8(11,9(12,13)18(15,16)17)6-2-5-1-4(6)3-7(5)14;/h4-7,14H,1-3H2,(H,15,16,17);/q;+1/p-1. The van der Waals surface area contributed by atoms with Crippen LogP contribution in [-0.2, 0) is 10.1 Å². The molecule has 0 aromatic heterocycles. The summed E-state index contributed by atoms with van der Waals surface area (Å²) in [4.78, 5) is 0. The summed E-state index contributed by atoms with van der Waals surface area (Å²) in [6.07, 6.45) is -1.08. The molecule has 0 amide bonds. The van der Waals surface area contributed by atoms with Gasteiger partial charge in [-0.2, -0.15) is 17.6 Å². The molecule has 0 radical (unpaired) electrons. The van der Waals surface area contributed by atoms with Gasteiger partial charge in [-0.05, 0) is 31.1 Å². The van der Waals surface area contributed by atoms with Crippen LogP contribution in [0, 0.1) is 17.8 Å². The van der Waals surface area contributed by atoms with E-state index in [1.807, 2.05) is 0 Å². The summed E-state index contributed by atoms with van der Waals surface area (Å²) in [7, 11) is -6.42. The van der Waals surface area contributed by atoms with Gasteiger partial charge in [0, 0.05) is 5.92 Å². The van der Waals surface area contributed by atoms with Crippen LogP contribution in [0.5, 0.6) is 0 Å². The van der Waals surface area contributed by atoms with Gasteiger partial charge in [-0.15, -0.1) is 0 Å². The van der Waals surface area contributed by atoms with E-state index in [1.54, 1.807) is 0 Å². The van der Waals surface area contributed by atoms with Gasteiger partial charge in [-0.3, -0.25) is 0 Å². The molecule has 19 heavy (non-hydrogen) atoms. The number of fused-ring (bicyclic) bond motifs is 2. The molecule has 2 aliphatic carbocycles. The van der Waals surface area contributed by atoms with Gasteiger partial charge in [0.2, 0.25) is 0 Å². The van der Waals surface area contributed by atoms with Crippen LogP contribution in [0.15, 0.2) is 0 Å². The number of rotatable bonds is 3. The largest absolute Gasteiger partial charge is 1.00 e. The zero-order chi connectivity index (χ0) is 13.9. The van der Waals surface area contributed by atoms with Gasteiger partial charge in [0.15, 0.2) is 10.1 Å². The van der Waals surface area contributed by atoms with Crippen molar-refractivity contribution in [3.63, 3.8) is 0 Å². The Kier molecular flexibility index (Phi) is 4.73. The first kappa shape index (κ1) is 17.6. The van der Waals surface area contributed by atoms with Crippen LogP contribution in [0.25, 0.3) is 0 Å². The van der Waals surface area contributed by atoms with Gasteiger partial charge in [-0.1, -0.05) is 0 Å². The van der Waals surface area contributed by atoms with Crippen LogP contribution in [0.1, 0.15) is 19.3 Å². The molecular formula is C9H11F4NaO4S. The molecule has 0 saturated heterocycles. The van der Waals surface area contributed by atoms with Crippen LogP contribution in [-0.4, -0.2) is 35.4 Å². The number of alkyl halides is 4. The van der Waals surface area contributed by atoms with E-state index in [4.69, 9.17) is 0 Å². The minimum Gasteiger partial charge on any atom is -0.743 e. The third kappa shape index (κ3) is 2.57. The molecule has 4 atom stereocenters. The molecule has 0 aliphatic heterocycles. The van der Waals surface area contributed by atoms with E-state index in [0.29, 0.717) is 0 Å². The van der Waals surface area contributed by atoms with Crippen LogP contribution in [0.2, 0.25) is 0 Å². The third-order valence-corrected chi connectivity index (χ3v) is 4.89. The minimum absolute atomic E-state index is 0. The van der Waals surface area contributed by atoms with Crippen LogP contribution in [0.3, 0.4) is 0 Å². The minimum atomic E-state index is -6.42. The maximum atomic E-state index is 13.6. The number of hydrogen-bond acceptors (Lipinski definition) is 4. The van der Waals surface area contributed by atoms with Crippen molar-refractivity contribution in [2.75, 3.05) is 0 Å². The molecule has 4 unspecified atom stereocenters.